The van der Waals surface area contributed by atoms with Crippen LogP contribution >= 0.6 is 21.2 Å². The molecule has 0 saturated heterocycles. The van der Waals surface area contributed by atoms with Gasteiger partial charge in [0.1, 0.15) is 0 Å². The number of nitriles is 1. The molecule has 49 valence electrons. The molecule has 10 heavy (non-hydrogen) atoms. The Labute approximate surface area is 69.1 Å². The van der Waals surface area contributed by atoms with Crippen LogP contribution in [-0.2, 0) is 3.07 Å². The van der Waals surface area contributed by atoms with Crippen molar-refractivity contribution >= 4 is 21.2 Å². The van der Waals surface area contributed by atoms with Gasteiger partial charge in [0.2, 0.25) is 0 Å². The highest BCUT2D eigenvalue weighted by molar-refractivity contribution is 14.1. The van der Waals surface area contributed by atoms with Gasteiger partial charge in [-0.05, 0) is 18.2 Å². The Morgan fingerprint density at radius 3 is 3.10 bits per heavy atom. The average Bonchev–Trinajstić information content (AvgIpc) is 2.05. The van der Waals surface area contributed by atoms with Gasteiger partial charge in [-0.3, -0.25) is 3.07 Å². The lowest BCUT2D eigenvalue weighted by Crippen LogP contribution is -1.74. The van der Waals surface area contributed by atoms with E-state index in [0.29, 0.717) is 9.13 Å². The largest absolute Gasteiger partial charge is 0.265 e. The predicted octanol–water partition coefficient (Wildman–Crippen LogP) is 1.84. The number of halogens is 1. The number of benzene rings is 1. The molecule has 0 spiro atoms. The third kappa shape index (κ3) is 1.61. The van der Waals surface area contributed by atoms with Crippen LogP contribution in [0.2, 0.25) is 0 Å². The van der Waals surface area contributed by atoms with Gasteiger partial charge in [-0.1, -0.05) is 6.07 Å². The molecule has 0 aliphatic heterocycles. The van der Waals surface area contributed by atoms with Crippen molar-refractivity contribution in [2.45, 2.75) is 0 Å². The summed E-state index contributed by atoms with van der Waals surface area (Å²) >= 11 is -1.17. The molecule has 0 unspecified atom stereocenters. The molecule has 1 aromatic carbocycles. The number of rotatable bonds is 1. The molecular weight excluding hydrogens is 241 g/mol. The van der Waals surface area contributed by atoms with Gasteiger partial charge in [-0.15, -0.1) is 0 Å². The minimum absolute atomic E-state index is 0.546. The fourth-order valence-electron chi connectivity index (χ4n) is 0.551. The summed E-state index contributed by atoms with van der Waals surface area (Å²) in [5, 5.41) is 8.40. The standard InChI is InChI=1S/C7H3INO/c9-5-6-2-1-3-7(4-6)8-10/h1-2,4H. The van der Waals surface area contributed by atoms with E-state index in [4.69, 9.17) is 5.26 Å². The predicted molar refractivity (Wildman–Crippen MR) is 43.4 cm³/mol. The van der Waals surface area contributed by atoms with E-state index < -0.39 is 21.2 Å². The molecule has 0 aromatic heterocycles. The first kappa shape index (κ1) is 7.35. The van der Waals surface area contributed by atoms with Crippen LogP contribution in [0.15, 0.2) is 18.2 Å². The molecule has 1 rings (SSSR count). The van der Waals surface area contributed by atoms with Gasteiger partial charge >= 0.3 is 0 Å². The fourth-order valence-corrected chi connectivity index (χ4v) is 1.32. The Morgan fingerprint density at radius 2 is 2.50 bits per heavy atom. The van der Waals surface area contributed by atoms with Crippen molar-refractivity contribution in [1.82, 2.24) is 0 Å². The second-order valence-corrected chi connectivity index (χ2v) is 3.22. The second-order valence-electron chi connectivity index (χ2n) is 1.61. The van der Waals surface area contributed by atoms with Crippen LogP contribution in [-0.4, -0.2) is 0 Å². The Hall–Kier alpha value is -0.760. The Balaban J connectivity index is 3.13. The van der Waals surface area contributed by atoms with Crippen molar-refractivity contribution < 1.29 is 3.07 Å². The Kier molecular flexibility index (Phi) is 2.51. The molecule has 1 aromatic rings. The molecule has 0 N–H and O–H groups in total. The molecule has 0 aliphatic rings. The van der Waals surface area contributed by atoms with Gasteiger partial charge in [0.25, 0.3) is 0 Å². The van der Waals surface area contributed by atoms with Gasteiger partial charge in [0.05, 0.1) is 15.2 Å². The van der Waals surface area contributed by atoms with E-state index in [-0.39, 0.29) is 0 Å². The van der Waals surface area contributed by atoms with Gasteiger partial charge in [-0.2, -0.15) is 5.26 Å². The van der Waals surface area contributed by atoms with E-state index >= 15 is 0 Å². The smallest absolute Gasteiger partial charge is 0.182 e. The lowest BCUT2D eigenvalue weighted by Gasteiger charge is -1.86. The average molecular weight is 244 g/mol. The molecule has 0 heterocycles. The van der Waals surface area contributed by atoms with Crippen LogP contribution in [0.4, 0.5) is 0 Å². The fraction of sp³-hybridized carbons (Fsp3) is 0. The van der Waals surface area contributed by atoms with Gasteiger partial charge in [0.15, 0.2) is 21.2 Å². The molecule has 0 fully saturated rings. The zero-order chi connectivity index (χ0) is 7.40. The van der Waals surface area contributed by atoms with Crippen LogP contribution in [0.3, 0.4) is 0 Å². The van der Waals surface area contributed by atoms with E-state index in [2.05, 4.69) is 6.07 Å². The highest BCUT2D eigenvalue weighted by Crippen LogP contribution is 2.09. The molecule has 1 radical (unpaired) electrons. The minimum Gasteiger partial charge on any atom is -0.265 e. The molecule has 0 bridgehead atoms. The minimum atomic E-state index is -1.17. The van der Waals surface area contributed by atoms with E-state index in [1.165, 1.54) is 0 Å². The molecule has 2 nitrogen and oxygen atoms in total. The third-order valence-corrected chi connectivity index (χ3v) is 2.08. The van der Waals surface area contributed by atoms with E-state index in [1.54, 1.807) is 18.2 Å². The molecule has 3 heteroatoms. The van der Waals surface area contributed by atoms with Gasteiger partial charge in [-0.25, -0.2) is 0 Å². The molecule has 0 amide bonds. The lowest BCUT2D eigenvalue weighted by atomic mass is 10.2. The van der Waals surface area contributed by atoms with E-state index in [9.17, 15) is 3.07 Å². The molecule has 0 saturated carbocycles. The first-order valence-corrected chi connectivity index (χ1v) is 4.51. The summed E-state index contributed by atoms with van der Waals surface area (Å²) in [5.41, 5.74) is 0.546. The normalized spacial score (nSPS) is 8.70. The monoisotopic (exact) mass is 244 g/mol. The van der Waals surface area contributed by atoms with Crippen LogP contribution in [0, 0.1) is 21.0 Å². The maximum absolute atomic E-state index is 10.4. The summed E-state index contributed by atoms with van der Waals surface area (Å²) in [7, 11) is 0. The van der Waals surface area contributed by atoms with Crippen molar-refractivity contribution in [1.29, 1.82) is 5.26 Å². The summed E-state index contributed by atoms with van der Waals surface area (Å²) < 4.78 is 11.0. The van der Waals surface area contributed by atoms with Crippen LogP contribution in [0.5, 0.6) is 0 Å². The molecular formula is C7H3INO. The zero-order valence-electron chi connectivity index (χ0n) is 4.97. The summed E-state index contributed by atoms with van der Waals surface area (Å²) in [6.07, 6.45) is 0. The topological polar surface area (TPSA) is 40.9 Å². The lowest BCUT2D eigenvalue weighted by molar-refractivity contribution is 0.648. The van der Waals surface area contributed by atoms with Crippen LogP contribution in [0.1, 0.15) is 5.56 Å². The van der Waals surface area contributed by atoms with Crippen LogP contribution < -0.4 is 0 Å². The quantitative estimate of drug-likeness (QED) is 0.707. The van der Waals surface area contributed by atoms with Crippen molar-refractivity contribution in [3.8, 4) is 6.07 Å². The van der Waals surface area contributed by atoms with Crippen molar-refractivity contribution in [2.24, 2.45) is 0 Å². The first-order chi connectivity index (χ1) is 4.86. The SMILES string of the molecule is N#Cc1cc[c]c(I=O)c1. The van der Waals surface area contributed by atoms with Gasteiger partial charge < -0.3 is 0 Å². The molecule has 0 atom stereocenters. The van der Waals surface area contributed by atoms with Crippen LogP contribution in [0.25, 0.3) is 0 Å². The van der Waals surface area contributed by atoms with Crippen molar-refractivity contribution in [3.05, 3.63) is 33.4 Å². The van der Waals surface area contributed by atoms with E-state index in [0.717, 1.165) is 0 Å². The number of nitrogens with zero attached hydrogens (tertiary/aromatic N) is 1. The maximum atomic E-state index is 10.4. The van der Waals surface area contributed by atoms with Crippen molar-refractivity contribution in [2.75, 3.05) is 0 Å². The van der Waals surface area contributed by atoms with Gasteiger partial charge in [0, 0.05) is 0 Å². The maximum Gasteiger partial charge on any atom is 0.182 e. The molecule has 0 aliphatic carbocycles. The Bertz CT molecular complexity index is 290. The summed E-state index contributed by atoms with van der Waals surface area (Å²) in [5.74, 6) is 0. The number of hydrogen-bond donors (Lipinski definition) is 0. The Morgan fingerprint density at radius 1 is 1.70 bits per heavy atom. The zero-order valence-corrected chi connectivity index (χ0v) is 7.12. The first-order valence-electron chi connectivity index (χ1n) is 2.55. The highest BCUT2D eigenvalue weighted by atomic mass is 127. The van der Waals surface area contributed by atoms with Crippen molar-refractivity contribution in [3.63, 3.8) is 0 Å². The third-order valence-electron chi connectivity index (χ3n) is 0.979. The highest BCUT2D eigenvalue weighted by Gasteiger charge is 1.92. The number of hydrogen-bond acceptors (Lipinski definition) is 2. The second kappa shape index (κ2) is 3.42. The van der Waals surface area contributed by atoms with E-state index in [1.807, 2.05) is 6.07 Å². The summed E-state index contributed by atoms with van der Waals surface area (Å²) in [4.78, 5) is 0. The summed E-state index contributed by atoms with van der Waals surface area (Å²) in [6, 6.07) is 9.59. The summed E-state index contributed by atoms with van der Waals surface area (Å²) in [6.45, 7) is 0.